The number of amides is 1. The van der Waals surface area contributed by atoms with Crippen molar-refractivity contribution in [2.45, 2.75) is 6.18 Å². The Labute approximate surface area is 200 Å². The molecule has 34 heavy (non-hydrogen) atoms. The van der Waals surface area contributed by atoms with Crippen LogP contribution in [0.15, 0.2) is 72.9 Å². The van der Waals surface area contributed by atoms with Crippen LogP contribution in [-0.2, 0) is 6.18 Å². The zero-order valence-electron chi connectivity index (χ0n) is 17.1. The Morgan fingerprint density at radius 3 is 2.47 bits per heavy atom. The van der Waals surface area contributed by atoms with Gasteiger partial charge in [0.25, 0.3) is 5.91 Å². The molecule has 2 aromatic heterocycles. The molecule has 0 bridgehead atoms. The number of nitrogens with one attached hydrogen (secondary N) is 1. The van der Waals surface area contributed by atoms with Gasteiger partial charge in [0, 0.05) is 11.3 Å². The van der Waals surface area contributed by atoms with E-state index in [1.54, 1.807) is 24.3 Å². The molecule has 0 fully saturated rings. The maximum atomic E-state index is 14.0. The first-order valence-corrected chi connectivity index (χ1v) is 10.7. The molecular weight excluding hydrogens is 488 g/mol. The van der Waals surface area contributed by atoms with Gasteiger partial charge in [0.05, 0.1) is 21.9 Å². The maximum absolute atomic E-state index is 14.0. The average molecular weight is 501 g/mol. The zero-order valence-corrected chi connectivity index (χ0v) is 18.6. The molecule has 0 aliphatic carbocycles. The van der Waals surface area contributed by atoms with E-state index in [1.165, 1.54) is 18.2 Å². The summed E-state index contributed by atoms with van der Waals surface area (Å²) >= 11 is 11.9. The quantitative estimate of drug-likeness (QED) is 0.286. The number of carbonyl (C=O) groups is 1. The topological polar surface area (TPSA) is 59.3 Å². The molecule has 5 rings (SSSR count). The smallest absolute Gasteiger partial charge is 0.322 e. The van der Waals surface area contributed by atoms with E-state index >= 15 is 0 Å². The van der Waals surface area contributed by atoms with Crippen LogP contribution in [0.1, 0.15) is 16.1 Å². The second-order valence-electron chi connectivity index (χ2n) is 7.43. The van der Waals surface area contributed by atoms with Gasteiger partial charge in [-0.05, 0) is 35.0 Å². The molecule has 170 valence electrons. The van der Waals surface area contributed by atoms with Crippen LogP contribution >= 0.6 is 23.2 Å². The summed E-state index contributed by atoms with van der Waals surface area (Å²) in [7, 11) is 0. The summed E-state index contributed by atoms with van der Waals surface area (Å²) in [6.07, 6.45) is -3.68. The highest BCUT2D eigenvalue weighted by Gasteiger charge is 2.36. The molecule has 0 aliphatic rings. The number of halogens is 5. The Bertz CT molecular complexity index is 1580. The zero-order chi connectivity index (χ0) is 24.0. The van der Waals surface area contributed by atoms with Crippen LogP contribution in [0.4, 0.5) is 18.9 Å². The van der Waals surface area contributed by atoms with Crippen LogP contribution in [-0.4, -0.2) is 20.5 Å². The van der Waals surface area contributed by atoms with Crippen molar-refractivity contribution < 1.29 is 18.0 Å². The third-order valence-electron chi connectivity index (χ3n) is 5.25. The minimum absolute atomic E-state index is 0.0701. The molecule has 10 heteroatoms. The molecule has 5 aromatic rings. The van der Waals surface area contributed by atoms with Crippen molar-refractivity contribution in [3.8, 4) is 11.3 Å². The van der Waals surface area contributed by atoms with Gasteiger partial charge in [-0.1, -0.05) is 65.7 Å². The summed E-state index contributed by atoms with van der Waals surface area (Å²) in [5.41, 5.74) is -0.508. The summed E-state index contributed by atoms with van der Waals surface area (Å²) in [5, 5.41) is 8.49. The highest BCUT2D eigenvalue weighted by Crippen LogP contribution is 2.35. The van der Waals surface area contributed by atoms with E-state index in [2.05, 4.69) is 15.4 Å². The minimum Gasteiger partial charge on any atom is -0.322 e. The molecule has 0 saturated heterocycles. The number of fused-ring (bicyclic) bond motifs is 2. The van der Waals surface area contributed by atoms with E-state index < -0.39 is 17.8 Å². The highest BCUT2D eigenvalue weighted by atomic mass is 35.5. The van der Waals surface area contributed by atoms with Crippen molar-refractivity contribution in [1.29, 1.82) is 0 Å². The Morgan fingerprint density at radius 2 is 1.71 bits per heavy atom. The predicted octanol–water partition coefficient (Wildman–Crippen LogP) is 7.13. The molecule has 0 unspecified atom stereocenters. The third-order valence-corrected chi connectivity index (χ3v) is 5.99. The van der Waals surface area contributed by atoms with Crippen molar-refractivity contribution in [1.82, 2.24) is 14.6 Å². The Morgan fingerprint density at radius 1 is 0.941 bits per heavy atom. The van der Waals surface area contributed by atoms with Gasteiger partial charge in [0.1, 0.15) is 5.56 Å². The molecule has 1 N–H and O–H groups in total. The summed E-state index contributed by atoms with van der Waals surface area (Å²) in [5.74, 6) is -0.691. The SMILES string of the molecule is O=C(Nc1ccc(Cl)c(Cl)c1)c1cnn2c(C(F)(F)F)cc(-c3cccc4ccccc34)nc12. The molecular formula is C24H13Cl2F3N4O. The first kappa shape index (κ1) is 22.2. The molecule has 3 aromatic carbocycles. The monoisotopic (exact) mass is 500 g/mol. The number of nitrogens with zero attached hydrogens (tertiary/aromatic N) is 3. The van der Waals surface area contributed by atoms with Gasteiger partial charge in [-0.2, -0.15) is 18.3 Å². The van der Waals surface area contributed by atoms with E-state index in [0.717, 1.165) is 23.0 Å². The number of rotatable bonds is 3. The first-order valence-electron chi connectivity index (χ1n) is 9.93. The lowest BCUT2D eigenvalue weighted by molar-refractivity contribution is -0.142. The van der Waals surface area contributed by atoms with Crippen molar-refractivity contribution in [3.05, 3.63) is 94.2 Å². The molecule has 0 saturated carbocycles. The van der Waals surface area contributed by atoms with E-state index in [1.807, 2.05) is 18.2 Å². The normalized spacial score (nSPS) is 11.8. The van der Waals surface area contributed by atoms with Crippen LogP contribution in [0.5, 0.6) is 0 Å². The van der Waals surface area contributed by atoms with E-state index in [0.29, 0.717) is 20.8 Å². The van der Waals surface area contributed by atoms with E-state index in [-0.39, 0.29) is 21.9 Å². The molecule has 1 amide bonds. The molecule has 0 aliphatic heterocycles. The number of hydrogen-bond donors (Lipinski definition) is 1. The van der Waals surface area contributed by atoms with Gasteiger partial charge >= 0.3 is 6.18 Å². The van der Waals surface area contributed by atoms with Crippen molar-refractivity contribution in [3.63, 3.8) is 0 Å². The first-order chi connectivity index (χ1) is 16.2. The molecule has 2 heterocycles. The van der Waals surface area contributed by atoms with Gasteiger partial charge in [-0.15, -0.1) is 0 Å². The Balaban J connectivity index is 1.68. The average Bonchev–Trinajstić information content (AvgIpc) is 3.24. The Kier molecular flexibility index (Phi) is 5.42. The molecule has 0 radical (unpaired) electrons. The van der Waals surface area contributed by atoms with Crippen LogP contribution in [0.25, 0.3) is 27.7 Å². The number of carbonyl (C=O) groups excluding carboxylic acids is 1. The Hall–Kier alpha value is -3.62. The van der Waals surface area contributed by atoms with E-state index in [4.69, 9.17) is 23.2 Å². The van der Waals surface area contributed by atoms with Crippen LogP contribution in [0, 0.1) is 0 Å². The molecule has 5 nitrogen and oxygen atoms in total. The lowest BCUT2D eigenvalue weighted by Gasteiger charge is -2.13. The summed E-state index contributed by atoms with van der Waals surface area (Å²) in [6.45, 7) is 0. The minimum atomic E-state index is -4.73. The fourth-order valence-electron chi connectivity index (χ4n) is 3.68. The number of benzene rings is 3. The summed E-state index contributed by atoms with van der Waals surface area (Å²) < 4.78 is 42.5. The number of hydrogen-bond acceptors (Lipinski definition) is 3. The van der Waals surface area contributed by atoms with Gasteiger partial charge in [-0.3, -0.25) is 4.79 Å². The second kappa shape index (κ2) is 8.30. The summed E-state index contributed by atoms with van der Waals surface area (Å²) in [4.78, 5) is 17.4. The largest absolute Gasteiger partial charge is 0.433 e. The van der Waals surface area contributed by atoms with Crippen molar-refractivity contribution >= 4 is 51.2 Å². The fourth-order valence-corrected chi connectivity index (χ4v) is 3.98. The van der Waals surface area contributed by atoms with E-state index in [9.17, 15) is 18.0 Å². The number of alkyl halides is 3. The highest BCUT2D eigenvalue weighted by molar-refractivity contribution is 6.42. The molecule has 0 spiro atoms. The number of aromatic nitrogens is 3. The summed E-state index contributed by atoms with van der Waals surface area (Å²) in [6, 6.07) is 18.0. The van der Waals surface area contributed by atoms with Crippen molar-refractivity contribution in [2.75, 3.05) is 5.32 Å². The predicted molar refractivity (Wildman–Crippen MR) is 125 cm³/mol. The maximum Gasteiger partial charge on any atom is 0.433 e. The standard InChI is InChI=1S/C24H13Cl2F3N4O/c25-18-9-8-14(10-19(18)26)31-23(34)17-12-30-33-21(24(27,28)29)11-20(32-22(17)33)16-7-3-5-13-4-1-2-6-15(13)16/h1-12H,(H,31,34). The van der Waals surface area contributed by atoms with Gasteiger partial charge < -0.3 is 5.32 Å². The lowest BCUT2D eigenvalue weighted by Crippen LogP contribution is -2.16. The van der Waals surface area contributed by atoms with Crippen molar-refractivity contribution in [2.24, 2.45) is 0 Å². The van der Waals surface area contributed by atoms with Crippen LogP contribution < -0.4 is 5.32 Å². The van der Waals surface area contributed by atoms with Crippen LogP contribution in [0.3, 0.4) is 0 Å². The third kappa shape index (κ3) is 3.95. The number of anilines is 1. The lowest BCUT2D eigenvalue weighted by atomic mass is 10.0. The van der Waals surface area contributed by atoms with Crippen LogP contribution in [0.2, 0.25) is 10.0 Å². The molecule has 0 atom stereocenters. The fraction of sp³-hybridized carbons (Fsp3) is 0.0417. The van der Waals surface area contributed by atoms with Gasteiger partial charge in [0.15, 0.2) is 11.3 Å². The second-order valence-corrected chi connectivity index (χ2v) is 8.24. The van der Waals surface area contributed by atoms with Gasteiger partial charge in [-0.25, -0.2) is 9.50 Å². The van der Waals surface area contributed by atoms with Gasteiger partial charge in [0.2, 0.25) is 0 Å².